The SMILES string of the molecule is Oc1[c]cc2ccccc2[c]1. The molecule has 0 unspecified atom stereocenters. The van der Waals surface area contributed by atoms with Crippen LogP contribution in [-0.2, 0) is 0 Å². The van der Waals surface area contributed by atoms with Crippen LogP contribution in [0.5, 0.6) is 5.75 Å². The first kappa shape index (κ1) is 6.23. The lowest BCUT2D eigenvalue weighted by Crippen LogP contribution is -1.71. The fraction of sp³-hybridized carbons (Fsp3) is 0. The summed E-state index contributed by atoms with van der Waals surface area (Å²) >= 11 is 0. The van der Waals surface area contributed by atoms with Gasteiger partial charge < -0.3 is 5.11 Å². The van der Waals surface area contributed by atoms with E-state index in [1.54, 1.807) is 6.07 Å². The van der Waals surface area contributed by atoms with Gasteiger partial charge in [-0.05, 0) is 16.8 Å². The quantitative estimate of drug-likeness (QED) is 0.597. The molecule has 0 fully saturated rings. The molecule has 2 aromatic carbocycles. The predicted octanol–water partition coefficient (Wildman–Crippen LogP) is 2.15. The van der Waals surface area contributed by atoms with Gasteiger partial charge in [0.2, 0.25) is 0 Å². The predicted molar refractivity (Wildman–Crippen MR) is 43.3 cm³/mol. The molecule has 0 saturated carbocycles. The second-order valence-electron chi connectivity index (χ2n) is 2.35. The number of hydrogen-bond acceptors (Lipinski definition) is 1. The van der Waals surface area contributed by atoms with Gasteiger partial charge in [0.05, 0.1) is 0 Å². The van der Waals surface area contributed by atoms with E-state index < -0.39 is 0 Å². The summed E-state index contributed by atoms with van der Waals surface area (Å²) in [6.45, 7) is 0. The minimum absolute atomic E-state index is 0.0729. The summed E-state index contributed by atoms with van der Waals surface area (Å²) in [5.41, 5.74) is 0. The minimum atomic E-state index is 0.0729. The van der Waals surface area contributed by atoms with Crippen molar-refractivity contribution >= 4 is 10.8 Å². The van der Waals surface area contributed by atoms with E-state index in [9.17, 15) is 0 Å². The summed E-state index contributed by atoms with van der Waals surface area (Å²) in [6, 6.07) is 14.9. The van der Waals surface area contributed by atoms with Crippen LogP contribution in [-0.4, -0.2) is 5.11 Å². The summed E-state index contributed by atoms with van der Waals surface area (Å²) in [5, 5.41) is 11.0. The number of benzene rings is 2. The number of hydrogen-bond donors (Lipinski definition) is 1. The molecule has 0 spiro atoms. The lowest BCUT2D eigenvalue weighted by atomic mass is 10.1. The molecule has 2 aromatic rings. The maximum Gasteiger partial charge on any atom is 0.132 e. The zero-order valence-electron chi connectivity index (χ0n) is 5.83. The van der Waals surface area contributed by atoms with Crippen molar-refractivity contribution in [2.75, 3.05) is 0 Å². The van der Waals surface area contributed by atoms with Crippen LogP contribution >= 0.6 is 0 Å². The standard InChI is InChI=1S/C10H6O/c11-10-6-5-8-3-1-2-4-9(8)7-10/h1-5,11H. The van der Waals surface area contributed by atoms with Gasteiger partial charge in [-0.25, -0.2) is 0 Å². The first-order chi connectivity index (χ1) is 5.36. The molecule has 52 valence electrons. The fourth-order valence-electron chi connectivity index (χ4n) is 1.05. The lowest BCUT2D eigenvalue weighted by Gasteiger charge is -1.94. The van der Waals surface area contributed by atoms with E-state index in [1.165, 1.54) is 0 Å². The van der Waals surface area contributed by atoms with Gasteiger partial charge in [-0.2, -0.15) is 0 Å². The molecule has 0 saturated heterocycles. The zero-order chi connectivity index (χ0) is 7.68. The Bertz CT molecular complexity index is 379. The third-order valence-electron chi connectivity index (χ3n) is 1.58. The normalized spacial score (nSPS) is 10.2. The Morgan fingerprint density at radius 2 is 2.00 bits per heavy atom. The van der Waals surface area contributed by atoms with Gasteiger partial charge in [-0.1, -0.05) is 24.3 Å². The van der Waals surface area contributed by atoms with Crippen molar-refractivity contribution in [2.45, 2.75) is 0 Å². The van der Waals surface area contributed by atoms with Gasteiger partial charge in [0, 0.05) is 12.1 Å². The number of phenols is 1. The topological polar surface area (TPSA) is 20.2 Å². The van der Waals surface area contributed by atoms with Gasteiger partial charge in [0.1, 0.15) is 5.75 Å². The van der Waals surface area contributed by atoms with Crippen LogP contribution in [0.1, 0.15) is 0 Å². The minimum Gasteiger partial charge on any atom is -0.507 e. The maximum atomic E-state index is 9.02. The lowest BCUT2D eigenvalue weighted by molar-refractivity contribution is 0.474. The summed E-state index contributed by atoms with van der Waals surface area (Å²) in [7, 11) is 0. The molecule has 0 aliphatic carbocycles. The molecule has 0 aliphatic rings. The Morgan fingerprint density at radius 1 is 1.18 bits per heavy atom. The highest BCUT2D eigenvalue weighted by Crippen LogP contribution is 2.17. The summed E-state index contributed by atoms with van der Waals surface area (Å²) in [5.74, 6) is 0.0729. The van der Waals surface area contributed by atoms with E-state index in [0.717, 1.165) is 10.8 Å². The van der Waals surface area contributed by atoms with E-state index in [4.69, 9.17) is 5.11 Å². The van der Waals surface area contributed by atoms with E-state index in [1.807, 2.05) is 24.3 Å². The Labute approximate surface area is 64.9 Å². The van der Waals surface area contributed by atoms with Crippen molar-refractivity contribution in [3.05, 3.63) is 42.5 Å². The third kappa shape index (κ3) is 1.05. The molecule has 2 rings (SSSR count). The highest BCUT2D eigenvalue weighted by molar-refractivity contribution is 5.82. The highest BCUT2D eigenvalue weighted by atomic mass is 16.3. The van der Waals surface area contributed by atoms with E-state index >= 15 is 0 Å². The van der Waals surface area contributed by atoms with Crippen LogP contribution < -0.4 is 0 Å². The van der Waals surface area contributed by atoms with Crippen LogP contribution in [0.2, 0.25) is 0 Å². The third-order valence-corrected chi connectivity index (χ3v) is 1.58. The van der Waals surface area contributed by atoms with E-state index in [0.29, 0.717) is 0 Å². The highest BCUT2D eigenvalue weighted by Gasteiger charge is 1.92. The van der Waals surface area contributed by atoms with Crippen LogP contribution in [0.3, 0.4) is 0 Å². The Balaban J connectivity index is 2.83. The van der Waals surface area contributed by atoms with Crippen molar-refractivity contribution in [3.8, 4) is 5.75 Å². The molecule has 1 N–H and O–H groups in total. The van der Waals surface area contributed by atoms with Gasteiger partial charge >= 0.3 is 0 Å². The maximum absolute atomic E-state index is 9.02. The first-order valence-electron chi connectivity index (χ1n) is 3.38. The van der Waals surface area contributed by atoms with Crippen molar-refractivity contribution in [1.29, 1.82) is 0 Å². The Hall–Kier alpha value is -1.50. The molecule has 0 aliphatic heterocycles. The molecular weight excluding hydrogens is 136 g/mol. The average molecular weight is 142 g/mol. The van der Waals surface area contributed by atoms with Crippen molar-refractivity contribution in [1.82, 2.24) is 0 Å². The molecule has 11 heavy (non-hydrogen) atoms. The van der Waals surface area contributed by atoms with E-state index in [-0.39, 0.29) is 5.75 Å². The molecule has 0 amide bonds. The second-order valence-corrected chi connectivity index (χ2v) is 2.35. The Kier molecular flexibility index (Phi) is 1.29. The zero-order valence-corrected chi connectivity index (χ0v) is 5.83. The fourth-order valence-corrected chi connectivity index (χ4v) is 1.05. The van der Waals surface area contributed by atoms with Crippen LogP contribution in [0.25, 0.3) is 10.8 Å². The molecule has 0 aromatic heterocycles. The first-order valence-corrected chi connectivity index (χ1v) is 3.38. The van der Waals surface area contributed by atoms with Gasteiger partial charge in [0.25, 0.3) is 0 Å². The van der Waals surface area contributed by atoms with E-state index in [2.05, 4.69) is 12.1 Å². The van der Waals surface area contributed by atoms with Gasteiger partial charge in [0.15, 0.2) is 0 Å². The molecule has 1 nitrogen and oxygen atoms in total. The smallest absolute Gasteiger partial charge is 0.132 e. The van der Waals surface area contributed by atoms with Crippen molar-refractivity contribution in [3.63, 3.8) is 0 Å². The average Bonchev–Trinajstić information content (AvgIpc) is 2.04. The monoisotopic (exact) mass is 142 g/mol. The van der Waals surface area contributed by atoms with Crippen LogP contribution in [0, 0.1) is 12.1 Å². The molecule has 2 radical (unpaired) electrons. The van der Waals surface area contributed by atoms with Gasteiger partial charge in [-0.3, -0.25) is 0 Å². The second kappa shape index (κ2) is 2.27. The van der Waals surface area contributed by atoms with Crippen LogP contribution in [0.4, 0.5) is 0 Å². The molecule has 0 heterocycles. The number of fused-ring (bicyclic) bond motifs is 1. The largest absolute Gasteiger partial charge is 0.507 e. The number of phenolic OH excluding ortho intramolecular Hbond substituents is 1. The van der Waals surface area contributed by atoms with Crippen molar-refractivity contribution in [2.24, 2.45) is 0 Å². The molecule has 1 heteroatoms. The number of aromatic hydroxyl groups is 1. The Morgan fingerprint density at radius 3 is 2.91 bits per heavy atom. The summed E-state index contributed by atoms with van der Waals surface area (Å²) in [6.07, 6.45) is 0. The van der Waals surface area contributed by atoms with Crippen molar-refractivity contribution < 1.29 is 5.11 Å². The number of rotatable bonds is 0. The van der Waals surface area contributed by atoms with Crippen LogP contribution in [0.15, 0.2) is 30.3 Å². The molecule has 0 bridgehead atoms. The van der Waals surface area contributed by atoms with Gasteiger partial charge in [-0.15, -0.1) is 0 Å². The summed E-state index contributed by atoms with van der Waals surface area (Å²) < 4.78 is 0. The molecular formula is C10H6O. The molecule has 0 atom stereocenters. The summed E-state index contributed by atoms with van der Waals surface area (Å²) in [4.78, 5) is 0.